The topological polar surface area (TPSA) is 76.5 Å². The Kier molecular flexibility index (Phi) is 3.11. The van der Waals surface area contributed by atoms with Crippen LogP contribution in [0.25, 0.3) is 11.7 Å². The van der Waals surface area contributed by atoms with Crippen LogP contribution in [0.15, 0.2) is 61.7 Å². The van der Waals surface area contributed by atoms with Gasteiger partial charge >= 0.3 is 0 Å². The third-order valence-electron chi connectivity index (χ3n) is 3.21. The highest BCUT2D eigenvalue weighted by Crippen LogP contribution is 2.24. The van der Waals surface area contributed by atoms with E-state index in [0.29, 0.717) is 22.6 Å². The van der Waals surface area contributed by atoms with Gasteiger partial charge in [0.15, 0.2) is 5.76 Å². The average Bonchev–Trinajstić information content (AvgIpc) is 3.23. The minimum Gasteiger partial charge on any atom is -0.459 e. The molecule has 6 nitrogen and oxygen atoms in total. The molecule has 1 N–H and O–H groups in total. The number of hydrogen-bond acceptors (Lipinski definition) is 7. The molecule has 2 aliphatic rings. The van der Waals surface area contributed by atoms with Gasteiger partial charge < -0.3 is 14.2 Å². The van der Waals surface area contributed by atoms with E-state index in [4.69, 9.17) is 8.83 Å². The first-order chi connectivity index (χ1) is 10.4. The number of thioether (sulfide) groups is 1. The summed E-state index contributed by atoms with van der Waals surface area (Å²) in [4.78, 5) is 4.62. The molecule has 2 atom stereocenters. The molecule has 106 valence electrons. The van der Waals surface area contributed by atoms with E-state index in [2.05, 4.69) is 32.7 Å². The van der Waals surface area contributed by atoms with Gasteiger partial charge in [-0.2, -0.15) is 0 Å². The number of hydrogen-bond donors (Lipinski definition) is 1. The van der Waals surface area contributed by atoms with E-state index < -0.39 is 0 Å². The Morgan fingerprint density at radius 3 is 3.05 bits per heavy atom. The van der Waals surface area contributed by atoms with E-state index in [9.17, 15) is 0 Å². The van der Waals surface area contributed by atoms with Crippen LogP contribution in [0.4, 0.5) is 0 Å². The second-order valence-corrected chi connectivity index (χ2v) is 5.57. The summed E-state index contributed by atoms with van der Waals surface area (Å²) in [6.45, 7) is 0. The fraction of sp³-hybridized carbons (Fsp3) is 0.214. The fourth-order valence-corrected chi connectivity index (χ4v) is 2.89. The second kappa shape index (κ2) is 5.25. The van der Waals surface area contributed by atoms with Gasteiger partial charge in [0.2, 0.25) is 0 Å². The lowest BCUT2D eigenvalue weighted by Gasteiger charge is -2.13. The molecule has 21 heavy (non-hydrogen) atoms. The molecule has 2 aromatic rings. The van der Waals surface area contributed by atoms with Crippen LogP contribution in [0.3, 0.4) is 0 Å². The Hall–Kier alpha value is -2.28. The van der Waals surface area contributed by atoms with Crippen LogP contribution >= 0.6 is 11.8 Å². The zero-order chi connectivity index (χ0) is 14.1. The molecule has 0 saturated carbocycles. The van der Waals surface area contributed by atoms with Crippen molar-refractivity contribution in [2.75, 3.05) is 5.75 Å². The number of nitrogens with one attached hydrogen (secondary N) is 1. The molecule has 2 aromatic heterocycles. The summed E-state index contributed by atoms with van der Waals surface area (Å²) in [5.74, 6) is 2.59. The van der Waals surface area contributed by atoms with Crippen LogP contribution < -0.4 is 5.32 Å². The lowest BCUT2D eigenvalue weighted by molar-refractivity contribution is 0.447. The maximum absolute atomic E-state index is 5.54. The van der Waals surface area contributed by atoms with Crippen molar-refractivity contribution in [1.29, 1.82) is 0 Å². The van der Waals surface area contributed by atoms with Crippen molar-refractivity contribution in [2.24, 2.45) is 4.99 Å². The smallest absolute Gasteiger partial charge is 0.284 e. The molecule has 0 spiro atoms. The molecule has 1 aliphatic heterocycles. The highest BCUT2D eigenvalue weighted by Gasteiger charge is 2.25. The SMILES string of the molecule is C1=CC2N=C(CSc3nnc(-c4ccco4)o3)NC2C=C1. The molecule has 7 heteroatoms. The molecule has 0 fully saturated rings. The van der Waals surface area contributed by atoms with Gasteiger partial charge in [0.1, 0.15) is 5.84 Å². The normalized spacial score (nSPS) is 23.0. The van der Waals surface area contributed by atoms with Crippen LogP contribution in [0.1, 0.15) is 0 Å². The van der Waals surface area contributed by atoms with E-state index in [1.807, 2.05) is 12.2 Å². The lowest BCUT2D eigenvalue weighted by Crippen LogP contribution is -2.33. The predicted molar refractivity (Wildman–Crippen MR) is 79.2 cm³/mol. The maximum Gasteiger partial charge on any atom is 0.284 e. The van der Waals surface area contributed by atoms with E-state index in [1.54, 1.807) is 18.4 Å². The first kappa shape index (κ1) is 12.5. The van der Waals surface area contributed by atoms with Crippen molar-refractivity contribution < 1.29 is 8.83 Å². The van der Waals surface area contributed by atoms with Gasteiger partial charge in [-0.3, -0.25) is 4.99 Å². The van der Waals surface area contributed by atoms with Crippen molar-refractivity contribution in [1.82, 2.24) is 15.5 Å². The van der Waals surface area contributed by atoms with Gasteiger partial charge in [-0.25, -0.2) is 0 Å². The summed E-state index contributed by atoms with van der Waals surface area (Å²) in [5.41, 5.74) is 0. The van der Waals surface area contributed by atoms with Gasteiger partial charge in [-0.15, -0.1) is 10.2 Å². The first-order valence-electron chi connectivity index (χ1n) is 6.57. The number of aliphatic imine (C=N–C) groups is 1. The summed E-state index contributed by atoms with van der Waals surface area (Å²) < 4.78 is 10.8. The lowest BCUT2D eigenvalue weighted by atomic mass is 10.1. The molecule has 3 heterocycles. The summed E-state index contributed by atoms with van der Waals surface area (Å²) in [5, 5.41) is 11.8. The van der Waals surface area contributed by atoms with E-state index >= 15 is 0 Å². The van der Waals surface area contributed by atoms with Crippen molar-refractivity contribution in [3.05, 3.63) is 42.7 Å². The van der Waals surface area contributed by atoms with Crippen LogP contribution in [-0.2, 0) is 0 Å². The number of allylic oxidation sites excluding steroid dienone is 2. The van der Waals surface area contributed by atoms with Gasteiger partial charge in [0, 0.05) is 0 Å². The summed E-state index contributed by atoms with van der Waals surface area (Å²) in [6.07, 6.45) is 9.85. The van der Waals surface area contributed by atoms with Crippen LogP contribution in [-0.4, -0.2) is 33.9 Å². The van der Waals surface area contributed by atoms with Gasteiger partial charge in [0.25, 0.3) is 11.1 Å². The Morgan fingerprint density at radius 2 is 2.19 bits per heavy atom. The molecular formula is C14H12N4O2S. The number of aromatic nitrogens is 2. The average molecular weight is 300 g/mol. The molecule has 0 amide bonds. The standard InChI is InChI=1S/C14H12N4O2S/c1-2-5-10-9(4-1)15-12(16-10)8-21-14-18-17-13(20-14)11-6-3-7-19-11/h1-7,9-10H,8H2,(H,15,16). The van der Waals surface area contributed by atoms with E-state index in [1.165, 1.54) is 11.8 Å². The number of furan rings is 1. The number of amidine groups is 1. The first-order valence-corrected chi connectivity index (χ1v) is 7.55. The molecule has 0 aromatic carbocycles. The van der Waals surface area contributed by atoms with Crippen LogP contribution in [0, 0.1) is 0 Å². The molecule has 2 unspecified atom stereocenters. The highest BCUT2D eigenvalue weighted by molar-refractivity contribution is 7.99. The molecule has 0 radical (unpaired) electrons. The highest BCUT2D eigenvalue weighted by atomic mass is 32.2. The van der Waals surface area contributed by atoms with Gasteiger partial charge in [0.05, 0.1) is 24.1 Å². The third-order valence-corrected chi connectivity index (χ3v) is 4.04. The van der Waals surface area contributed by atoms with Gasteiger partial charge in [-0.1, -0.05) is 36.1 Å². The third kappa shape index (κ3) is 2.52. The van der Waals surface area contributed by atoms with Crippen LogP contribution in [0.2, 0.25) is 0 Å². The Bertz CT molecular complexity index is 717. The van der Waals surface area contributed by atoms with Crippen LogP contribution in [0.5, 0.6) is 0 Å². The molecule has 1 aliphatic carbocycles. The Labute approximate surface area is 125 Å². The van der Waals surface area contributed by atoms with Gasteiger partial charge in [-0.05, 0) is 12.1 Å². The number of nitrogens with zero attached hydrogens (tertiary/aromatic N) is 3. The minimum absolute atomic E-state index is 0.201. The fourth-order valence-electron chi connectivity index (χ4n) is 2.24. The second-order valence-electron chi connectivity index (χ2n) is 4.65. The summed E-state index contributed by atoms with van der Waals surface area (Å²) in [7, 11) is 0. The largest absolute Gasteiger partial charge is 0.459 e. The monoisotopic (exact) mass is 300 g/mol. The molecule has 4 rings (SSSR count). The summed E-state index contributed by atoms with van der Waals surface area (Å²) >= 11 is 1.46. The van der Waals surface area contributed by atoms with Crippen molar-refractivity contribution >= 4 is 17.6 Å². The minimum atomic E-state index is 0.201. The molecule has 0 saturated heterocycles. The summed E-state index contributed by atoms with van der Waals surface area (Å²) in [6, 6.07) is 4.04. The Balaban J connectivity index is 1.39. The number of fused-ring (bicyclic) bond motifs is 1. The molecular weight excluding hydrogens is 288 g/mol. The number of rotatable bonds is 4. The van der Waals surface area contributed by atoms with Crippen molar-refractivity contribution in [2.45, 2.75) is 17.3 Å². The van der Waals surface area contributed by atoms with Crippen molar-refractivity contribution in [3.8, 4) is 11.7 Å². The zero-order valence-corrected chi connectivity index (χ0v) is 11.8. The Morgan fingerprint density at radius 1 is 1.24 bits per heavy atom. The maximum atomic E-state index is 5.54. The van der Waals surface area contributed by atoms with E-state index in [0.717, 1.165) is 5.84 Å². The van der Waals surface area contributed by atoms with Crippen molar-refractivity contribution in [3.63, 3.8) is 0 Å². The van der Waals surface area contributed by atoms with E-state index in [-0.39, 0.29) is 12.1 Å². The zero-order valence-electron chi connectivity index (χ0n) is 11.0. The predicted octanol–water partition coefficient (Wildman–Crippen LogP) is 2.29. The quantitative estimate of drug-likeness (QED) is 0.873. The molecule has 0 bridgehead atoms.